The van der Waals surface area contributed by atoms with E-state index in [4.69, 9.17) is 4.74 Å². The van der Waals surface area contributed by atoms with E-state index in [1.165, 1.54) is 0 Å². The summed E-state index contributed by atoms with van der Waals surface area (Å²) in [5, 5.41) is 15.3. The summed E-state index contributed by atoms with van der Waals surface area (Å²) in [6, 6.07) is 14.3. The highest BCUT2D eigenvalue weighted by Gasteiger charge is 2.08. The topological polar surface area (TPSA) is 41.5 Å². The minimum Gasteiger partial charge on any atom is -0.464 e. The molecule has 3 heteroatoms. The molecule has 102 valence electrons. The van der Waals surface area contributed by atoms with Crippen molar-refractivity contribution in [2.75, 3.05) is 6.54 Å². The van der Waals surface area contributed by atoms with Crippen LogP contribution >= 0.6 is 0 Å². The van der Waals surface area contributed by atoms with E-state index in [2.05, 4.69) is 19.2 Å². The molecular formula is C16H21NO2. The highest BCUT2D eigenvalue weighted by Crippen LogP contribution is 2.25. The second-order valence-corrected chi connectivity index (χ2v) is 4.95. The van der Waals surface area contributed by atoms with Gasteiger partial charge in [-0.2, -0.15) is 0 Å². The maximum atomic E-state index is 9.91. The lowest BCUT2D eigenvalue weighted by Gasteiger charge is -2.16. The van der Waals surface area contributed by atoms with Crippen molar-refractivity contribution in [2.24, 2.45) is 0 Å². The molecule has 0 radical (unpaired) electrons. The SMILES string of the molecule is CC(C)NCC[C@@H](O)Oc1cccc2ccccc12. The van der Waals surface area contributed by atoms with Gasteiger partial charge in [0, 0.05) is 24.4 Å². The van der Waals surface area contributed by atoms with Crippen molar-refractivity contribution in [2.45, 2.75) is 32.6 Å². The Morgan fingerprint density at radius 1 is 1.11 bits per heavy atom. The van der Waals surface area contributed by atoms with Crippen LogP contribution in [-0.4, -0.2) is 24.0 Å². The number of hydrogen-bond acceptors (Lipinski definition) is 3. The summed E-state index contributed by atoms with van der Waals surface area (Å²) < 4.78 is 5.62. The quantitative estimate of drug-likeness (QED) is 0.784. The zero-order chi connectivity index (χ0) is 13.7. The van der Waals surface area contributed by atoms with Crippen molar-refractivity contribution >= 4 is 10.8 Å². The first-order valence-electron chi connectivity index (χ1n) is 6.72. The molecule has 2 rings (SSSR count). The van der Waals surface area contributed by atoms with Crippen LogP contribution in [0.3, 0.4) is 0 Å². The van der Waals surface area contributed by atoms with Gasteiger partial charge in [0.25, 0.3) is 0 Å². The summed E-state index contributed by atoms with van der Waals surface area (Å²) in [6.07, 6.45) is -0.210. The molecule has 0 aliphatic rings. The Balaban J connectivity index is 2.00. The zero-order valence-electron chi connectivity index (χ0n) is 11.5. The highest BCUT2D eigenvalue weighted by atomic mass is 16.6. The van der Waals surface area contributed by atoms with Crippen molar-refractivity contribution < 1.29 is 9.84 Å². The van der Waals surface area contributed by atoms with Crippen LogP contribution in [0.2, 0.25) is 0 Å². The van der Waals surface area contributed by atoms with Crippen molar-refractivity contribution in [1.82, 2.24) is 5.32 Å². The molecule has 0 unspecified atom stereocenters. The van der Waals surface area contributed by atoms with Gasteiger partial charge in [-0.15, -0.1) is 0 Å². The van der Waals surface area contributed by atoms with E-state index in [1.807, 2.05) is 42.5 Å². The lowest BCUT2D eigenvalue weighted by Crippen LogP contribution is -2.28. The van der Waals surface area contributed by atoms with E-state index >= 15 is 0 Å². The minimum absolute atomic E-state index is 0.421. The Hall–Kier alpha value is -1.58. The molecule has 3 nitrogen and oxygen atoms in total. The predicted octanol–water partition coefficient (Wildman–Crippen LogP) is 2.93. The number of rotatable bonds is 6. The first-order chi connectivity index (χ1) is 9.16. The summed E-state index contributed by atoms with van der Waals surface area (Å²) in [4.78, 5) is 0. The molecule has 0 bridgehead atoms. The van der Waals surface area contributed by atoms with E-state index in [0.29, 0.717) is 12.5 Å². The van der Waals surface area contributed by atoms with Gasteiger partial charge >= 0.3 is 0 Å². The Bertz CT molecular complexity index is 520. The number of hydrogen-bond donors (Lipinski definition) is 2. The van der Waals surface area contributed by atoms with Crippen LogP contribution in [0.1, 0.15) is 20.3 Å². The van der Waals surface area contributed by atoms with Gasteiger partial charge in [-0.3, -0.25) is 0 Å². The third kappa shape index (κ3) is 3.94. The van der Waals surface area contributed by atoms with Crippen LogP contribution in [0.4, 0.5) is 0 Å². The van der Waals surface area contributed by atoms with Crippen LogP contribution in [-0.2, 0) is 0 Å². The fourth-order valence-corrected chi connectivity index (χ4v) is 2.00. The second kappa shape index (κ2) is 6.55. The Kier molecular flexibility index (Phi) is 4.77. The molecule has 0 saturated heterocycles. The monoisotopic (exact) mass is 259 g/mol. The molecule has 1 atom stereocenters. The summed E-state index contributed by atoms with van der Waals surface area (Å²) in [6.45, 7) is 4.90. The van der Waals surface area contributed by atoms with Crippen LogP contribution in [0.15, 0.2) is 42.5 Å². The van der Waals surface area contributed by atoms with Crippen LogP contribution in [0.25, 0.3) is 10.8 Å². The molecule has 0 aliphatic carbocycles. The van der Waals surface area contributed by atoms with Gasteiger partial charge in [0.15, 0.2) is 6.29 Å². The fraction of sp³-hybridized carbons (Fsp3) is 0.375. The molecule has 0 fully saturated rings. The van der Waals surface area contributed by atoms with Crippen LogP contribution in [0, 0.1) is 0 Å². The number of nitrogens with one attached hydrogen (secondary N) is 1. The zero-order valence-corrected chi connectivity index (χ0v) is 11.5. The molecule has 0 aromatic heterocycles. The van der Waals surface area contributed by atoms with Gasteiger partial charge in [0.1, 0.15) is 5.75 Å². The van der Waals surface area contributed by atoms with Crippen molar-refractivity contribution in [1.29, 1.82) is 0 Å². The number of fused-ring (bicyclic) bond motifs is 1. The minimum atomic E-state index is -0.781. The maximum Gasteiger partial charge on any atom is 0.198 e. The molecule has 0 spiro atoms. The number of ether oxygens (including phenoxy) is 1. The molecule has 2 N–H and O–H groups in total. The largest absolute Gasteiger partial charge is 0.464 e. The number of benzene rings is 2. The predicted molar refractivity (Wildman–Crippen MR) is 78.3 cm³/mol. The average Bonchev–Trinajstić information content (AvgIpc) is 2.39. The molecule has 19 heavy (non-hydrogen) atoms. The molecule has 0 aliphatic heterocycles. The van der Waals surface area contributed by atoms with E-state index < -0.39 is 6.29 Å². The van der Waals surface area contributed by atoms with Gasteiger partial charge in [0.05, 0.1) is 0 Å². The lowest BCUT2D eigenvalue weighted by molar-refractivity contribution is -0.0215. The molecule has 0 amide bonds. The second-order valence-electron chi connectivity index (χ2n) is 4.95. The van der Waals surface area contributed by atoms with Crippen molar-refractivity contribution in [3.05, 3.63) is 42.5 Å². The van der Waals surface area contributed by atoms with E-state index in [1.54, 1.807) is 0 Å². The molecular weight excluding hydrogens is 238 g/mol. The fourth-order valence-electron chi connectivity index (χ4n) is 2.00. The molecule has 0 heterocycles. The maximum absolute atomic E-state index is 9.91. The first-order valence-corrected chi connectivity index (χ1v) is 6.72. The van der Waals surface area contributed by atoms with Crippen molar-refractivity contribution in [3.63, 3.8) is 0 Å². The van der Waals surface area contributed by atoms with Gasteiger partial charge in [-0.05, 0) is 11.5 Å². The van der Waals surface area contributed by atoms with E-state index in [-0.39, 0.29) is 0 Å². The average molecular weight is 259 g/mol. The lowest BCUT2D eigenvalue weighted by atomic mass is 10.1. The Morgan fingerprint density at radius 3 is 2.63 bits per heavy atom. The van der Waals surface area contributed by atoms with Crippen LogP contribution < -0.4 is 10.1 Å². The molecule has 2 aromatic rings. The van der Waals surface area contributed by atoms with Gasteiger partial charge in [0.2, 0.25) is 0 Å². The van der Waals surface area contributed by atoms with E-state index in [9.17, 15) is 5.11 Å². The van der Waals surface area contributed by atoms with Gasteiger partial charge in [-0.1, -0.05) is 50.2 Å². The third-order valence-corrected chi connectivity index (χ3v) is 2.96. The Morgan fingerprint density at radius 2 is 1.84 bits per heavy atom. The summed E-state index contributed by atoms with van der Waals surface area (Å²) in [5.74, 6) is 0.732. The van der Waals surface area contributed by atoms with Gasteiger partial charge < -0.3 is 15.2 Å². The third-order valence-electron chi connectivity index (χ3n) is 2.96. The normalized spacial score (nSPS) is 12.8. The summed E-state index contributed by atoms with van der Waals surface area (Å²) in [7, 11) is 0. The molecule has 2 aromatic carbocycles. The summed E-state index contributed by atoms with van der Waals surface area (Å²) in [5.41, 5.74) is 0. The number of aliphatic hydroxyl groups is 1. The Labute approximate surface area is 114 Å². The van der Waals surface area contributed by atoms with Crippen LogP contribution in [0.5, 0.6) is 5.75 Å². The first kappa shape index (κ1) is 13.8. The van der Waals surface area contributed by atoms with E-state index in [0.717, 1.165) is 23.1 Å². The summed E-state index contributed by atoms with van der Waals surface area (Å²) >= 11 is 0. The van der Waals surface area contributed by atoms with Gasteiger partial charge in [-0.25, -0.2) is 0 Å². The number of aliphatic hydroxyl groups excluding tert-OH is 1. The van der Waals surface area contributed by atoms with Crippen molar-refractivity contribution in [3.8, 4) is 5.75 Å². The smallest absolute Gasteiger partial charge is 0.198 e. The standard InChI is InChI=1S/C16H21NO2/c1-12(2)17-11-10-16(18)19-15-9-5-7-13-6-3-4-8-14(13)15/h3-9,12,16-18H,10-11H2,1-2H3/t16-/m0/s1. The molecule has 0 saturated carbocycles. The highest BCUT2D eigenvalue weighted by molar-refractivity contribution is 5.88.